The molecule has 113 heavy (non-hydrogen) atoms. The first kappa shape index (κ1) is 90.3. The lowest BCUT2D eigenvalue weighted by Crippen LogP contribution is -2.46. The van der Waals surface area contributed by atoms with Crippen LogP contribution in [0.5, 0.6) is 28.7 Å². The van der Waals surface area contributed by atoms with Crippen molar-refractivity contribution in [1.29, 1.82) is 0 Å². The molecule has 0 radical (unpaired) electrons. The van der Waals surface area contributed by atoms with Gasteiger partial charge in [-0.05, 0) is 192 Å². The lowest BCUT2D eigenvalue weighted by atomic mass is 9.72. The van der Waals surface area contributed by atoms with Gasteiger partial charge in [-0.2, -0.15) is 0 Å². The zero-order chi connectivity index (χ0) is 81.4. The highest BCUT2D eigenvalue weighted by Gasteiger charge is 2.44. The standard InChI is InChI=1S/C23H29NO3.C23H31NO2.C17H19NO2.C16H25NO2.C15H14O3.C2H7N/c1-24(2)22(25)21(23(26)15-7-4-8-16-23)19-11-13-20(14-12-19)27-17-18-9-5-3-6-10-18;1-24(2)17-22(23(25)15-7-4-8-16-23)20-11-13-21(14-12-20)26-18-19-9-5-3-6-10-19;1-18(2)17(19)12-14-8-10-16(11-9-14)20-13-15-6-4-3-5-7-15;1-17(2)12-15(13-6-8-14(18)9-7-13)16(19)10-4-3-5-11-16;16-15(17)10-12-6-8-14(9-7-12)18-11-13-4-2-1-3-5-13;1-3-2/h3,5-6,9-14,21,26H,4,7-8,15-17H2,1-2H3;3,5-6,9-14,22,25H,4,7-8,15-18H2,1-2H3;3-11H,12-13H2,1-2H3;6-9,15,18-19H,3-5,10-12H2,1-2H3;1-9H,10-11H2,(H,16,17);3H,1-2H3. The molecule has 0 spiro atoms. The summed E-state index contributed by atoms with van der Waals surface area (Å²) < 4.78 is 23.1. The molecule has 17 heteroatoms. The van der Waals surface area contributed by atoms with Gasteiger partial charge in [-0.3, -0.25) is 14.4 Å². The van der Waals surface area contributed by atoms with Crippen molar-refractivity contribution in [1.82, 2.24) is 24.9 Å². The average molecular weight is 1540 g/mol. The number of carboxylic acid groups (broad SMARTS) is 1. The first-order chi connectivity index (χ1) is 54.4. The van der Waals surface area contributed by atoms with Crippen LogP contribution in [0.3, 0.4) is 0 Å². The maximum absolute atomic E-state index is 12.9. The Hall–Kier alpha value is -9.85. The van der Waals surface area contributed by atoms with Crippen LogP contribution in [0.15, 0.2) is 243 Å². The highest BCUT2D eigenvalue weighted by atomic mass is 16.5. The Labute approximate surface area is 673 Å². The molecule has 9 aromatic rings. The molecule has 6 N–H and O–H groups in total. The molecule has 17 nitrogen and oxygen atoms in total. The van der Waals surface area contributed by atoms with Crippen LogP contribution < -0.4 is 24.3 Å². The van der Waals surface area contributed by atoms with E-state index in [2.05, 4.69) is 53.5 Å². The van der Waals surface area contributed by atoms with Gasteiger partial charge in [0.1, 0.15) is 55.2 Å². The van der Waals surface area contributed by atoms with E-state index in [0.29, 0.717) is 45.7 Å². The van der Waals surface area contributed by atoms with E-state index in [9.17, 15) is 34.8 Å². The highest BCUT2D eigenvalue weighted by molar-refractivity contribution is 5.85. The van der Waals surface area contributed by atoms with Crippen LogP contribution in [0.25, 0.3) is 0 Å². The molecule has 0 heterocycles. The molecule has 0 aromatic heterocycles. The molecule has 3 aliphatic carbocycles. The van der Waals surface area contributed by atoms with Crippen LogP contribution in [0.4, 0.5) is 0 Å². The number of hydrogen-bond donors (Lipinski definition) is 6. The molecule has 606 valence electrons. The van der Waals surface area contributed by atoms with Crippen LogP contribution in [-0.2, 0) is 53.7 Å². The molecule has 3 fully saturated rings. The van der Waals surface area contributed by atoms with Crippen molar-refractivity contribution in [2.75, 3.05) is 83.6 Å². The third kappa shape index (κ3) is 31.6. The minimum atomic E-state index is -0.966. The van der Waals surface area contributed by atoms with E-state index < -0.39 is 28.7 Å². The van der Waals surface area contributed by atoms with E-state index in [1.54, 1.807) is 74.4 Å². The summed E-state index contributed by atoms with van der Waals surface area (Å²) >= 11 is 0. The number of rotatable bonds is 27. The van der Waals surface area contributed by atoms with Crippen LogP contribution in [0.2, 0.25) is 0 Å². The van der Waals surface area contributed by atoms with Crippen LogP contribution in [0, 0.1) is 0 Å². The summed E-state index contributed by atoms with van der Waals surface area (Å²) in [5.74, 6) is 2.42. The maximum Gasteiger partial charge on any atom is 0.307 e. The Morgan fingerprint density at radius 1 is 0.354 bits per heavy atom. The average Bonchev–Trinajstić information content (AvgIpc) is 0.794. The van der Waals surface area contributed by atoms with Gasteiger partial charge in [0, 0.05) is 53.1 Å². The summed E-state index contributed by atoms with van der Waals surface area (Å²) in [4.78, 5) is 42.5. The Bertz CT molecular complexity index is 4100. The zero-order valence-corrected chi connectivity index (χ0v) is 68.5. The van der Waals surface area contributed by atoms with Crippen LogP contribution >= 0.6 is 0 Å². The quantitative estimate of drug-likeness (QED) is 0.0282. The number of phenolic OH excluding ortho intramolecular Hbond substituents is 1. The van der Waals surface area contributed by atoms with Gasteiger partial charge in [-0.1, -0.05) is 240 Å². The maximum atomic E-state index is 12.9. The predicted molar refractivity (Wildman–Crippen MR) is 454 cm³/mol. The second kappa shape index (κ2) is 47.6. The van der Waals surface area contributed by atoms with E-state index in [-0.39, 0.29) is 35.8 Å². The molecule has 3 saturated carbocycles. The van der Waals surface area contributed by atoms with E-state index in [1.165, 1.54) is 24.0 Å². The third-order valence-corrected chi connectivity index (χ3v) is 20.6. The van der Waals surface area contributed by atoms with Crippen LogP contribution in [-0.4, -0.2) is 163 Å². The van der Waals surface area contributed by atoms with E-state index >= 15 is 0 Å². The summed E-state index contributed by atoms with van der Waals surface area (Å²) in [7, 11) is 19.0. The monoisotopic (exact) mass is 1540 g/mol. The Morgan fingerprint density at radius 3 is 0.912 bits per heavy atom. The number of likely N-dealkylation sites (N-methyl/N-ethyl adjacent to an activating group) is 4. The largest absolute Gasteiger partial charge is 0.508 e. The number of nitrogens with zero attached hydrogens (tertiary/aromatic N) is 4. The SMILES string of the molecule is CN(C)C(=O)C(c1ccc(OCc2ccccc2)cc1)C1(O)CCCCC1.CN(C)C(=O)Cc1ccc(OCc2ccccc2)cc1.CN(C)CC(c1ccc(O)cc1)C1(O)CCCCC1.CN(C)CC(c1ccc(OCc2ccccc2)cc1)C1(O)CCCCC1.CNC.O=C(O)Cc1ccc(OCc2ccccc2)cc1. The van der Waals surface area contributed by atoms with Crippen molar-refractivity contribution in [3.05, 3.63) is 293 Å². The zero-order valence-electron chi connectivity index (χ0n) is 68.5. The van der Waals surface area contributed by atoms with Gasteiger partial charge >= 0.3 is 5.97 Å². The summed E-state index contributed by atoms with van der Waals surface area (Å²) in [5, 5.41) is 54.4. The molecule has 3 atom stereocenters. The van der Waals surface area contributed by atoms with Gasteiger partial charge in [0.05, 0.1) is 35.6 Å². The molecule has 3 aliphatic rings. The fourth-order valence-corrected chi connectivity index (χ4v) is 14.5. The van der Waals surface area contributed by atoms with Gasteiger partial charge in [-0.25, -0.2) is 0 Å². The lowest BCUT2D eigenvalue weighted by Gasteiger charge is -2.40. The number of hydrogen-bond acceptors (Lipinski definition) is 14. The van der Waals surface area contributed by atoms with Crippen LogP contribution in [0.1, 0.15) is 164 Å². The Balaban J connectivity index is 0.000000196. The van der Waals surface area contributed by atoms with Gasteiger partial charge in [0.15, 0.2) is 0 Å². The van der Waals surface area contributed by atoms with Crippen molar-refractivity contribution in [2.24, 2.45) is 0 Å². The fourth-order valence-electron chi connectivity index (χ4n) is 14.5. The highest BCUT2D eigenvalue weighted by Crippen LogP contribution is 2.44. The van der Waals surface area contributed by atoms with E-state index in [0.717, 1.165) is 146 Å². The summed E-state index contributed by atoms with van der Waals surface area (Å²) in [5.41, 5.74) is 7.31. The summed E-state index contributed by atoms with van der Waals surface area (Å²) in [6.07, 6.45) is 15.4. The van der Waals surface area contributed by atoms with Crippen molar-refractivity contribution < 1.29 is 58.9 Å². The topological polar surface area (TPSA) is 214 Å². The van der Waals surface area contributed by atoms with Gasteiger partial charge < -0.3 is 69.4 Å². The number of phenols is 1. The molecule has 3 unspecified atom stereocenters. The molecular weight excluding hydrogens is 1420 g/mol. The normalized spacial score (nSPS) is 15.2. The number of carboxylic acids is 1. The number of nitrogens with one attached hydrogen (secondary N) is 1. The first-order valence-corrected chi connectivity index (χ1v) is 39.9. The van der Waals surface area contributed by atoms with E-state index in [1.807, 2.05) is 210 Å². The fraction of sp³-hybridized carbons (Fsp3) is 0.406. The number of amides is 2. The van der Waals surface area contributed by atoms with Crippen molar-refractivity contribution in [2.45, 2.75) is 170 Å². The lowest BCUT2D eigenvalue weighted by molar-refractivity contribution is -0.139. The smallest absolute Gasteiger partial charge is 0.307 e. The molecule has 0 bridgehead atoms. The number of benzene rings is 9. The molecule has 0 saturated heterocycles. The molecule has 9 aromatic carbocycles. The van der Waals surface area contributed by atoms with E-state index in [4.69, 9.17) is 24.1 Å². The second-order valence-electron chi connectivity index (χ2n) is 30.9. The van der Waals surface area contributed by atoms with Crippen molar-refractivity contribution >= 4 is 17.8 Å². The Kier molecular flexibility index (Phi) is 38.1. The summed E-state index contributed by atoms with van der Waals surface area (Å²) in [6.45, 7) is 3.84. The Morgan fingerprint density at radius 2 is 0.628 bits per heavy atom. The number of ether oxygens (including phenoxy) is 4. The van der Waals surface area contributed by atoms with Gasteiger partial charge in [-0.15, -0.1) is 0 Å². The predicted octanol–water partition coefficient (Wildman–Crippen LogP) is 17.1. The molecule has 2 amide bonds. The second-order valence-corrected chi connectivity index (χ2v) is 30.9. The summed E-state index contributed by atoms with van der Waals surface area (Å²) in [6, 6.07) is 78.2. The molecule has 12 rings (SSSR count). The number of aromatic hydroxyl groups is 1. The van der Waals surface area contributed by atoms with Gasteiger partial charge in [0.25, 0.3) is 0 Å². The molecular formula is C96H125N5O12. The number of carbonyl (C=O) groups excluding carboxylic acids is 2. The van der Waals surface area contributed by atoms with Crippen molar-refractivity contribution in [3.8, 4) is 28.7 Å². The number of aliphatic carboxylic acids is 1. The minimum absolute atomic E-state index is 0.0406. The number of carbonyl (C=O) groups is 3. The first-order valence-electron chi connectivity index (χ1n) is 39.9. The van der Waals surface area contributed by atoms with Crippen molar-refractivity contribution in [3.63, 3.8) is 0 Å². The third-order valence-electron chi connectivity index (χ3n) is 20.6. The van der Waals surface area contributed by atoms with Gasteiger partial charge in [0.2, 0.25) is 11.8 Å². The number of aliphatic hydroxyl groups is 3. The molecule has 0 aliphatic heterocycles. The minimum Gasteiger partial charge on any atom is -0.508 e.